The van der Waals surface area contributed by atoms with Gasteiger partial charge in [0.25, 0.3) is 0 Å². The lowest BCUT2D eigenvalue weighted by Gasteiger charge is -2.23. The molecule has 3 aromatic carbocycles. The van der Waals surface area contributed by atoms with E-state index in [0.717, 1.165) is 41.9 Å². The average molecular weight is 661 g/mol. The molecule has 3 N–H and O–H groups in total. The maximum absolute atomic E-state index is 11.9. The van der Waals surface area contributed by atoms with Gasteiger partial charge in [-0.05, 0) is 97.2 Å². The fraction of sp³-hybridized carbons (Fsp3) is 0.444. The van der Waals surface area contributed by atoms with Crippen LogP contribution in [-0.4, -0.2) is 35.3 Å². The van der Waals surface area contributed by atoms with Crippen LogP contribution in [0, 0.1) is 0 Å². The third kappa shape index (κ3) is 14.5. The Morgan fingerprint density at radius 1 is 0.689 bits per heavy atom. The number of hydrogen-bond donors (Lipinski definition) is 3. The normalized spacial score (nSPS) is 11.3. The molecule has 3 rings (SSSR count). The number of halogens is 2. The molecule has 0 saturated heterocycles. The van der Waals surface area contributed by atoms with E-state index in [-0.39, 0.29) is 28.9 Å². The van der Waals surface area contributed by atoms with Crippen molar-refractivity contribution in [3.8, 4) is 17.2 Å². The van der Waals surface area contributed by atoms with Crippen LogP contribution in [0.5, 0.6) is 17.2 Å². The lowest BCUT2D eigenvalue weighted by molar-refractivity contribution is -0.137. The van der Waals surface area contributed by atoms with E-state index in [9.17, 15) is 14.7 Å². The summed E-state index contributed by atoms with van der Waals surface area (Å²) < 4.78 is 11.7. The van der Waals surface area contributed by atoms with Crippen molar-refractivity contribution in [2.24, 2.45) is 0 Å². The quantitative estimate of drug-likeness (QED) is 0.125. The number of aromatic hydroxyl groups is 1. The number of rotatable bonds is 13. The lowest BCUT2D eigenvalue weighted by Crippen LogP contribution is -2.14. The summed E-state index contributed by atoms with van der Waals surface area (Å²) in [5, 5.41) is 22.0. The predicted octanol–water partition coefficient (Wildman–Crippen LogP) is 9.80. The molecule has 0 fully saturated rings. The first-order valence-corrected chi connectivity index (χ1v) is 16.0. The Hall–Kier alpha value is -3.42. The zero-order valence-corrected chi connectivity index (χ0v) is 28.7. The summed E-state index contributed by atoms with van der Waals surface area (Å²) in [4.78, 5) is 22.3. The second-order valence-electron chi connectivity index (χ2n) is 12.9. The number of benzene rings is 3. The summed E-state index contributed by atoms with van der Waals surface area (Å²) in [6, 6.07) is 17.7. The van der Waals surface area contributed by atoms with Crippen LogP contribution in [-0.2, 0) is 20.4 Å². The van der Waals surface area contributed by atoms with E-state index in [1.165, 1.54) is 0 Å². The van der Waals surface area contributed by atoms with Crippen LogP contribution in [0.2, 0.25) is 10.0 Å². The summed E-state index contributed by atoms with van der Waals surface area (Å²) in [5.74, 6) is 1.04. The molecule has 0 atom stereocenters. The highest BCUT2D eigenvalue weighted by atomic mass is 35.5. The van der Waals surface area contributed by atoms with Crippen molar-refractivity contribution >= 4 is 40.8 Å². The molecule has 45 heavy (non-hydrogen) atoms. The Morgan fingerprint density at radius 2 is 1.13 bits per heavy atom. The highest BCUT2D eigenvalue weighted by Crippen LogP contribution is 2.34. The topological polar surface area (TPSA) is 105 Å². The van der Waals surface area contributed by atoms with Crippen LogP contribution in [0.15, 0.2) is 60.7 Å². The van der Waals surface area contributed by atoms with E-state index < -0.39 is 5.97 Å². The number of carbonyl (C=O) groups excluding carboxylic acids is 1. The number of aliphatic carboxylic acids is 1. The molecule has 246 valence electrons. The number of unbranched alkanes of at least 4 members (excludes halogenated alkanes) is 2. The third-order valence-electron chi connectivity index (χ3n) is 6.75. The first kappa shape index (κ1) is 37.8. The van der Waals surface area contributed by atoms with Crippen molar-refractivity contribution in [3.05, 3.63) is 81.8 Å². The Kier molecular flexibility index (Phi) is 15.0. The van der Waals surface area contributed by atoms with Crippen molar-refractivity contribution in [2.45, 2.75) is 90.9 Å². The van der Waals surface area contributed by atoms with Crippen LogP contribution in [0.1, 0.15) is 91.2 Å². The summed E-state index contributed by atoms with van der Waals surface area (Å²) in [6.45, 7) is 13.8. The van der Waals surface area contributed by atoms with Crippen molar-refractivity contribution in [1.82, 2.24) is 0 Å². The van der Waals surface area contributed by atoms with Gasteiger partial charge in [-0.3, -0.25) is 9.59 Å². The fourth-order valence-corrected chi connectivity index (χ4v) is 4.67. The van der Waals surface area contributed by atoms with E-state index >= 15 is 0 Å². The standard InChI is InChI=1S/C21H26ClNO3.C15H21ClO3/c1-21(2,3)18-14-15(22)7-12-19(18)26-13-5-4-6-20(25)23-16-8-10-17(24)11-9-16;1-15(2,3)12-10-11(16)7-8-13(12)19-9-5-4-6-14(17)18/h7-12,14,24H,4-6,13H2,1-3H3,(H,23,25);7-8,10H,4-6,9H2,1-3H3,(H,17,18). The highest BCUT2D eigenvalue weighted by Gasteiger charge is 2.20. The number of anilines is 1. The summed E-state index contributed by atoms with van der Waals surface area (Å²) in [6.07, 6.45) is 3.51. The van der Waals surface area contributed by atoms with Gasteiger partial charge in [0.2, 0.25) is 5.91 Å². The molecule has 0 radical (unpaired) electrons. The number of amides is 1. The van der Waals surface area contributed by atoms with Crippen LogP contribution >= 0.6 is 23.2 Å². The largest absolute Gasteiger partial charge is 0.508 e. The van der Waals surface area contributed by atoms with Gasteiger partial charge in [-0.1, -0.05) is 64.7 Å². The SMILES string of the molecule is CC(C)(C)c1cc(Cl)ccc1OCCCCC(=O)Nc1ccc(O)cc1.CC(C)(C)c1cc(Cl)ccc1OCCCCC(=O)O. The van der Waals surface area contributed by atoms with Crippen molar-refractivity contribution in [1.29, 1.82) is 0 Å². The second-order valence-corrected chi connectivity index (χ2v) is 13.8. The zero-order chi connectivity index (χ0) is 33.6. The zero-order valence-electron chi connectivity index (χ0n) is 27.2. The Bertz CT molecular complexity index is 1380. The van der Waals surface area contributed by atoms with E-state index in [4.69, 9.17) is 37.8 Å². The molecule has 0 unspecified atom stereocenters. The van der Waals surface area contributed by atoms with Crippen LogP contribution < -0.4 is 14.8 Å². The average Bonchev–Trinajstić information content (AvgIpc) is 2.94. The Balaban J connectivity index is 0.000000330. The molecular weight excluding hydrogens is 613 g/mol. The van der Waals surface area contributed by atoms with E-state index in [2.05, 4.69) is 46.9 Å². The molecule has 0 spiro atoms. The van der Waals surface area contributed by atoms with Gasteiger partial charge in [-0.2, -0.15) is 0 Å². The van der Waals surface area contributed by atoms with E-state index in [1.54, 1.807) is 24.3 Å². The smallest absolute Gasteiger partial charge is 0.303 e. The van der Waals surface area contributed by atoms with Gasteiger partial charge in [0.1, 0.15) is 17.2 Å². The van der Waals surface area contributed by atoms with E-state index in [1.807, 2.05) is 36.4 Å². The molecule has 3 aromatic rings. The molecule has 0 heterocycles. The van der Waals surface area contributed by atoms with Gasteiger partial charge >= 0.3 is 5.97 Å². The molecule has 0 aliphatic carbocycles. The number of hydrogen-bond acceptors (Lipinski definition) is 5. The minimum Gasteiger partial charge on any atom is -0.508 e. The second kappa shape index (κ2) is 17.9. The van der Waals surface area contributed by atoms with Crippen molar-refractivity contribution in [2.75, 3.05) is 18.5 Å². The minimum absolute atomic E-state index is 0.0404. The molecule has 9 heteroatoms. The van der Waals surface area contributed by atoms with E-state index in [0.29, 0.717) is 41.8 Å². The highest BCUT2D eigenvalue weighted by molar-refractivity contribution is 6.31. The van der Waals surface area contributed by atoms with Crippen LogP contribution in [0.3, 0.4) is 0 Å². The molecule has 0 saturated carbocycles. The maximum atomic E-state index is 11.9. The fourth-order valence-electron chi connectivity index (χ4n) is 4.33. The molecule has 0 bridgehead atoms. The number of carboxylic acid groups (broad SMARTS) is 1. The van der Waals surface area contributed by atoms with Crippen LogP contribution in [0.25, 0.3) is 0 Å². The van der Waals surface area contributed by atoms with Gasteiger partial charge in [0.05, 0.1) is 13.2 Å². The molecule has 7 nitrogen and oxygen atoms in total. The summed E-state index contributed by atoms with van der Waals surface area (Å²) in [5.41, 5.74) is 2.74. The number of ether oxygens (including phenoxy) is 2. The molecule has 0 aromatic heterocycles. The first-order valence-electron chi connectivity index (χ1n) is 15.2. The number of carbonyl (C=O) groups is 2. The predicted molar refractivity (Wildman–Crippen MR) is 183 cm³/mol. The lowest BCUT2D eigenvalue weighted by atomic mass is 9.86. The minimum atomic E-state index is -0.762. The number of phenolic OH excluding ortho intramolecular Hbond substituents is 1. The Morgan fingerprint density at radius 3 is 1.56 bits per heavy atom. The third-order valence-corrected chi connectivity index (χ3v) is 7.22. The summed E-state index contributed by atoms with van der Waals surface area (Å²) in [7, 11) is 0. The number of phenols is 1. The number of nitrogens with one attached hydrogen (secondary N) is 1. The summed E-state index contributed by atoms with van der Waals surface area (Å²) >= 11 is 12.1. The molecule has 1 amide bonds. The van der Waals surface area contributed by atoms with Gasteiger partial charge in [-0.15, -0.1) is 0 Å². The van der Waals surface area contributed by atoms with Gasteiger partial charge in [0, 0.05) is 39.7 Å². The van der Waals surface area contributed by atoms with Gasteiger partial charge in [0.15, 0.2) is 0 Å². The van der Waals surface area contributed by atoms with Gasteiger partial charge < -0.3 is 25.0 Å². The molecular formula is C36H47Cl2NO6. The molecule has 0 aliphatic rings. The maximum Gasteiger partial charge on any atom is 0.303 e. The van der Waals surface area contributed by atoms with Crippen molar-refractivity contribution in [3.63, 3.8) is 0 Å². The molecule has 0 aliphatic heterocycles. The van der Waals surface area contributed by atoms with Gasteiger partial charge in [-0.25, -0.2) is 0 Å². The van der Waals surface area contributed by atoms with Crippen LogP contribution in [0.4, 0.5) is 5.69 Å². The monoisotopic (exact) mass is 659 g/mol. The number of carboxylic acids is 1. The Labute approximate surface area is 277 Å². The van der Waals surface area contributed by atoms with Crippen molar-refractivity contribution < 1.29 is 29.3 Å². The first-order chi connectivity index (χ1) is 21.1.